The van der Waals surface area contributed by atoms with Gasteiger partial charge in [0.15, 0.2) is 23.3 Å². The molecule has 1 heterocycles. The maximum atomic E-state index is 5.77. The summed E-state index contributed by atoms with van der Waals surface area (Å²) in [5.74, 6) is 3.01. The highest BCUT2D eigenvalue weighted by atomic mass is 16.5. The van der Waals surface area contributed by atoms with Crippen molar-refractivity contribution in [1.82, 2.24) is 25.8 Å². The third-order valence-electron chi connectivity index (χ3n) is 4.80. The highest BCUT2D eigenvalue weighted by Crippen LogP contribution is 2.30. The molecule has 170 valence electrons. The van der Waals surface area contributed by atoms with Crippen molar-refractivity contribution in [2.75, 3.05) is 19.8 Å². The van der Waals surface area contributed by atoms with E-state index in [1.165, 1.54) is 6.33 Å². The van der Waals surface area contributed by atoms with E-state index in [1.54, 1.807) is 0 Å². The van der Waals surface area contributed by atoms with Crippen LogP contribution in [-0.4, -0.2) is 40.9 Å². The summed E-state index contributed by atoms with van der Waals surface area (Å²) in [6, 6.07) is 14.2. The van der Waals surface area contributed by atoms with Crippen LogP contribution in [0.1, 0.15) is 44.9 Å². The first kappa shape index (κ1) is 23.1. The molecule has 1 atom stereocenters. The summed E-state index contributed by atoms with van der Waals surface area (Å²) in [5.41, 5.74) is 3.16. The van der Waals surface area contributed by atoms with Gasteiger partial charge in [0, 0.05) is 12.1 Å². The summed E-state index contributed by atoms with van der Waals surface area (Å²) in [6.07, 6.45) is 1.51. The molecule has 32 heavy (non-hydrogen) atoms. The predicted molar refractivity (Wildman–Crippen MR) is 127 cm³/mol. The minimum atomic E-state index is 0.0308. The first-order valence-corrected chi connectivity index (χ1v) is 11.0. The molecule has 0 spiro atoms. The first-order valence-electron chi connectivity index (χ1n) is 11.0. The van der Waals surface area contributed by atoms with Gasteiger partial charge < -0.3 is 20.1 Å². The molecular formula is C24H32N6O2. The van der Waals surface area contributed by atoms with E-state index in [9.17, 15) is 0 Å². The monoisotopic (exact) mass is 436 g/mol. The quantitative estimate of drug-likeness (QED) is 0.327. The van der Waals surface area contributed by atoms with Crippen LogP contribution in [0.15, 0.2) is 53.8 Å². The zero-order valence-corrected chi connectivity index (χ0v) is 19.2. The second kappa shape index (κ2) is 11.7. The number of aromatic nitrogens is 3. The predicted octanol–water partition coefficient (Wildman–Crippen LogP) is 4.09. The fourth-order valence-electron chi connectivity index (χ4n) is 3.28. The number of hydrogen-bond acceptors (Lipinski definition) is 5. The topological polar surface area (TPSA) is 96.5 Å². The van der Waals surface area contributed by atoms with Gasteiger partial charge in [-0.1, -0.05) is 24.3 Å². The molecule has 0 aliphatic rings. The minimum absolute atomic E-state index is 0.0308. The van der Waals surface area contributed by atoms with Crippen LogP contribution in [0.2, 0.25) is 0 Å². The second-order valence-corrected chi connectivity index (χ2v) is 7.17. The lowest BCUT2D eigenvalue weighted by Gasteiger charge is -2.20. The first-order chi connectivity index (χ1) is 15.6. The Kier molecular flexibility index (Phi) is 8.48. The molecular weight excluding hydrogens is 404 g/mol. The number of hydrogen-bond donors (Lipinski definition) is 3. The van der Waals surface area contributed by atoms with Crippen LogP contribution in [-0.2, 0) is 6.54 Å². The van der Waals surface area contributed by atoms with Gasteiger partial charge in [0.25, 0.3) is 0 Å². The average molecular weight is 437 g/mol. The van der Waals surface area contributed by atoms with Gasteiger partial charge >= 0.3 is 0 Å². The lowest BCUT2D eigenvalue weighted by Crippen LogP contribution is -2.38. The molecule has 8 nitrogen and oxygen atoms in total. The molecule has 3 rings (SSSR count). The molecule has 0 saturated carbocycles. The van der Waals surface area contributed by atoms with Crippen molar-refractivity contribution < 1.29 is 9.47 Å². The SMILES string of the molecule is CCNC(=NCc1cccc(-c2ncn[nH]2)c1)NC(C)c1ccc(OCC)c(OCC)c1. The number of ether oxygens (including phenoxy) is 2. The maximum Gasteiger partial charge on any atom is 0.192 e. The molecule has 0 bridgehead atoms. The normalized spacial score (nSPS) is 12.3. The summed E-state index contributed by atoms with van der Waals surface area (Å²) in [5, 5.41) is 13.6. The van der Waals surface area contributed by atoms with E-state index in [0.29, 0.717) is 19.8 Å². The Balaban J connectivity index is 1.72. The fourth-order valence-corrected chi connectivity index (χ4v) is 3.28. The zero-order valence-electron chi connectivity index (χ0n) is 19.2. The summed E-state index contributed by atoms with van der Waals surface area (Å²) in [7, 11) is 0. The summed E-state index contributed by atoms with van der Waals surface area (Å²) >= 11 is 0. The highest BCUT2D eigenvalue weighted by molar-refractivity contribution is 5.80. The number of aromatic amines is 1. The Labute approximate surface area is 189 Å². The number of aliphatic imine (C=N–C) groups is 1. The molecule has 0 saturated heterocycles. The lowest BCUT2D eigenvalue weighted by atomic mass is 10.1. The number of nitrogens with one attached hydrogen (secondary N) is 3. The molecule has 0 aliphatic carbocycles. The molecule has 2 aromatic carbocycles. The van der Waals surface area contributed by atoms with Gasteiger partial charge in [0.05, 0.1) is 25.8 Å². The van der Waals surface area contributed by atoms with E-state index in [-0.39, 0.29) is 6.04 Å². The van der Waals surface area contributed by atoms with Crippen LogP contribution in [0.3, 0.4) is 0 Å². The maximum absolute atomic E-state index is 5.77. The largest absolute Gasteiger partial charge is 0.490 e. The Morgan fingerprint density at radius 2 is 1.88 bits per heavy atom. The van der Waals surface area contributed by atoms with Gasteiger partial charge in [-0.2, -0.15) is 5.10 Å². The third-order valence-corrected chi connectivity index (χ3v) is 4.80. The zero-order chi connectivity index (χ0) is 22.8. The van der Waals surface area contributed by atoms with Crippen LogP contribution in [0, 0.1) is 0 Å². The number of nitrogens with zero attached hydrogens (tertiary/aromatic N) is 3. The number of guanidine groups is 1. The fraction of sp³-hybridized carbons (Fsp3) is 0.375. The highest BCUT2D eigenvalue weighted by Gasteiger charge is 2.12. The summed E-state index contributed by atoms with van der Waals surface area (Å²) in [4.78, 5) is 8.99. The third kappa shape index (κ3) is 6.23. The number of benzene rings is 2. The van der Waals surface area contributed by atoms with Gasteiger partial charge in [0.1, 0.15) is 6.33 Å². The molecule has 1 unspecified atom stereocenters. The number of rotatable bonds is 10. The van der Waals surface area contributed by atoms with Crippen LogP contribution >= 0.6 is 0 Å². The van der Waals surface area contributed by atoms with Crippen molar-refractivity contribution in [3.05, 3.63) is 59.9 Å². The van der Waals surface area contributed by atoms with E-state index in [4.69, 9.17) is 14.5 Å². The summed E-state index contributed by atoms with van der Waals surface area (Å²) in [6.45, 7) is 10.6. The molecule has 3 N–H and O–H groups in total. The van der Waals surface area contributed by atoms with Gasteiger partial charge in [0.2, 0.25) is 0 Å². The standard InChI is InChI=1S/C24H32N6O2/c1-5-25-24(26-15-18-9-8-10-20(13-18)23-27-16-28-30-23)29-17(4)19-11-12-21(31-6-2)22(14-19)32-7-3/h8-14,16-17H,5-7,15H2,1-4H3,(H2,25,26,29)(H,27,28,30). The molecule has 1 aromatic heterocycles. The van der Waals surface area contributed by atoms with Gasteiger partial charge in [-0.25, -0.2) is 9.98 Å². The van der Waals surface area contributed by atoms with E-state index >= 15 is 0 Å². The Bertz CT molecular complexity index is 1000. The smallest absolute Gasteiger partial charge is 0.192 e. The van der Waals surface area contributed by atoms with Gasteiger partial charge in [-0.3, -0.25) is 5.10 Å². The summed E-state index contributed by atoms with van der Waals surface area (Å²) < 4.78 is 11.4. The average Bonchev–Trinajstić information content (AvgIpc) is 3.34. The van der Waals surface area contributed by atoms with Gasteiger partial charge in [-0.15, -0.1) is 0 Å². The van der Waals surface area contributed by atoms with Crippen molar-refractivity contribution in [2.45, 2.75) is 40.3 Å². The lowest BCUT2D eigenvalue weighted by molar-refractivity contribution is 0.287. The Morgan fingerprint density at radius 3 is 2.59 bits per heavy atom. The second-order valence-electron chi connectivity index (χ2n) is 7.17. The van der Waals surface area contributed by atoms with Crippen LogP contribution in [0.25, 0.3) is 11.4 Å². The van der Waals surface area contributed by atoms with E-state index < -0.39 is 0 Å². The van der Waals surface area contributed by atoms with Crippen molar-refractivity contribution in [3.8, 4) is 22.9 Å². The van der Waals surface area contributed by atoms with E-state index in [0.717, 1.165) is 46.5 Å². The molecule has 0 aliphatic heterocycles. The Hall–Kier alpha value is -3.55. The minimum Gasteiger partial charge on any atom is -0.490 e. The van der Waals surface area contributed by atoms with E-state index in [1.807, 2.05) is 38.1 Å². The van der Waals surface area contributed by atoms with Crippen molar-refractivity contribution in [3.63, 3.8) is 0 Å². The Morgan fingerprint density at radius 1 is 1.06 bits per heavy atom. The molecule has 0 fully saturated rings. The van der Waals surface area contributed by atoms with Crippen LogP contribution in [0.5, 0.6) is 11.5 Å². The van der Waals surface area contributed by atoms with Crippen LogP contribution < -0.4 is 20.1 Å². The van der Waals surface area contributed by atoms with Gasteiger partial charge in [-0.05, 0) is 57.0 Å². The number of H-pyrrole nitrogens is 1. The van der Waals surface area contributed by atoms with Crippen molar-refractivity contribution in [1.29, 1.82) is 0 Å². The van der Waals surface area contributed by atoms with Crippen molar-refractivity contribution >= 4 is 5.96 Å². The molecule has 3 aromatic rings. The van der Waals surface area contributed by atoms with E-state index in [2.05, 4.69) is 57.9 Å². The van der Waals surface area contributed by atoms with Crippen molar-refractivity contribution in [2.24, 2.45) is 4.99 Å². The molecule has 8 heteroatoms. The molecule has 0 radical (unpaired) electrons. The molecule has 0 amide bonds. The van der Waals surface area contributed by atoms with Crippen LogP contribution in [0.4, 0.5) is 0 Å².